The molecule has 2 atom stereocenters. The van der Waals surface area contributed by atoms with Gasteiger partial charge in [0.2, 0.25) is 0 Å². The molecule has 65 heavy (non-hydrogen) atoms. The molecule has 6 heterocycles. The smallest absolute Gasteiger partial charge is 0.410 e. The summed E-state index contributed by atoms with van der Waals surface area (Å²) in [6.07, 6.45) is 6.26. The zero-order valence-corrected chi connectivity index (χ0v) is 38.2. The highest BCUT2D eigenvalue weighted by molar-refractivity contribution is 5.94. The van der Waals surface area contributed by atoms with E-state index in [2.05, 4.69) is 25.3 Å². The maximum absolute atomic E-state index is 13.6. The Morgan fingerprint density at radius 2 is 1.12 bits per heavy atom. The van der Waals surface area contributed by atoms with Crippen LogP contribution < -0.4 is 14.8 Å². The minimum Gasteiger partial charge on any atom is -0.490 e. The van der Waals surface area contributed by atoms with Gasteiger partial charge in [-0.1, -0.05) is 72.8 Å². The van der Waals surface area contributed by atoms with Crippen LogP contribution in [0.3, 0.4) is 0 Å². The predicted molar refractivity (Wildman–Crippen MR) is 254 cm³/mol. The summed E-state index contributed by atoms with van der Waals surface area (Å²) < 4.78 is 17.3. The highest BCUT2D eigenvalue weighted by Crippen LogP contribution is 2.22. The fourth-order valence-corrected chi connectivity index (χ4v) is 7.13. The molecule has 8 rings (SSSR count). The number of nitrogens with zero attached hydrogens (tertiary/aromatic N) is 7. The molecule has 14 nitrogen and oxygen atoms in total. The van der Waals surface area contributed by atoms with E-state index in [-0.39, 0.29) is 55.3 Å². The maximum atomic E-state index is 13.6. The second kappa shape index (κ2) is 23.9. The van der Waals surface area contributed by atoms with E-state index >= 15 is 0 Å². The first-order valence-corrected chi connectivity index (χ1v) is 21.0. The van der Waals surface area contributed by atoms with Crippen molar-refractivity contribution in [2.24, 2.45) is 0 Å². The van der Waals surface area contributed by atoms with Crippen LogP contribution in [-0.2, 0) is 4.74 Å². The third-order valence-corrected chi connectivity index (χ3v) is 10.2. The topological polar surface area (TPSA) is 152 Å². The van der Waals surface area contributed by atoms with Crippen LogP contribution in [0.25, 0.3) is 22.5 Å². The number of carbonyl (C=O) groups is 3. The number of halogens is 2. The molecule has 2 unspecified atom stereocenters. The van der Waals surface area contributed by atoms with Crippen molar-refractivity contribution in [3.05, 3.63) is 158 Å². The van der Waals surface area contributed by atoms with Gasteiger partial charge in [-0.15, -0.1) is 24.8 Å². The number of piperazine rings is 2. The minimum absolute atomic E-state index is 0. The van der Waals surface area contributed by atoms with Gasteiger partial charge in [0.1, 0.15) is 41.7 Å². The average Bonchev–Trinajstić information content (AvgIpc) is 3.33. The van der Waals surface area contributed by atoms with Crippen LogP contribution >= 0.6 is 24.8 Å². The van der Waals surface area contributed by atoms with Crippen molar-refractivity contribution in [3.63, 3.8) is 0 Å². The number of hydrogen-bond acceptors (Lipinski definition) is 11. The zero-order chi connectivity index (χ0) is 44.0. The van der Waals surface area contributed by atoms with Crippen molar-refractivity contribution < 1.29 is 28.6 Å². The van der Waals surface area contributed by atoms with Crippen LogP contribution in [-0.4, -0.2) is 123 Å². The van der Waals surface area contributed by atoms with Crippen LogP contribution in [0.1, 0.15) is 41.7 Å². The quantitative estimate of drug-likeness (QED) is 0.144. The largest absolute Gasteiger partial charge is 0.490 e. The van der Waals surface area contributed by atoms with E-state index in [0.29, 0.717) is 62.2 Å². The van der Waals surface area contributed by atoms with Crippen molar-refractivity contribution in [3.8, 4) is 34.0 Å². The van der Waals surface area contributed by atoms with Crippen molar-refractivity contribution in [1.29, 1.82) is 0 Å². The van der Waals surface area contributed by atoms with Gasteiger partial charge in [0.05, 0.1) is 35.9 Å². The van der Waals surface area contributed by atoms with Crippen LogP contribution in [0.15, 0.2) is 146 Å². The van der Waals surface area contributed by atoms with E-state index in [1.54, 1.807) is 58.9 Å². The number of pyridine rings is 4. The fraction of sp³-hybridized carbons (Fsp3) is 0.286. The normalized spacial score (nSPS) is 15.8. The molecule has 1 N–H and O–H groups in total. The van der Waals surface area contributed by atoms with Gasteiger partial charge in [0, 0.05) is 62.8 Å². The first-order valence-electron chi connectivity index (χ1n) is 21.0. The molecule has 0 spiro atoms. The van der Waals surface area contributed by atoms with Crippen molar-refractivity contribution in [2.45, 2.75) is 38.5 Å². The molecule has 3 amide bonds. The zero-order valence-electron chi connectivity index (χ0n) is 36.6. The molecular weight excluding hydrogens is 867 g/mol. The fourth-order valence-electron chi connectivity index (χ4n) is 7.13. The number of nitrogens with one attached hydrogen (secondary N) is 1. The lowest BCUT2D eigenvalue weighted by Gasteiger charge is -2.41. The third-order valence-electron chi connectivity index (χ3n) is 10.2. The highest BCUT2D eigenvalue weighted by atomic mass is 35.5. The molecule has 6 aromatic rings. The number of benzene rings is 2. The number of carbonyl (C=O) groups excluding carboxylic acids is 3. The van der Waals surface area contributed by atoms with Crippen molar-refractivity contribution in [1.82, 2.24) is 40.0 Å². The lowest BCUT2D eigenvalue weighted by molar-refractivity contribution is -0.00108. The molecular formula is C49H54Cl2N8O6. The molecule has 0 aliphatic carbocycles. The van der Waals surface area contributed by atoms with Gasteiger partial charge in [-0.3, -0.25) is 19.6 Å². The third kappa shape index (κ3) is 13.9. The Bertz CT molecular complexity index is 2420. The van der Waals surface area contributed by atoms with Crippen LogP contribution in [0.5, 0.6) is 11.5 Å². The minimum atomic E-state index is -0.604. The molecule has 2 aromatic carbocycles. The van der Waals surface area contributed by atoms with Gasteiger partial charge >= 0.3 is 6.09 Å². The summed E-state index contributed by atoms with van der Waals surface area (Å²) in [5, 5.41) is 3.33. The van der Waals surface area contributed by atoms with Gasteiger partial charge < -0.3 is 34.2 Å². The van der Waals surface area contributed by atoms with E-state index in [1.807, 2.05) is 123 Å². The number of aromatic nitrogens is 4. The molecule has 4 aromatic heterocycles. The number of rotatable bonds is 10. The lowest BCUT2D eigenvalue weighted by atomic mass is 10.1. The molecule has 0 saturated carbocycles. The van der Waals surface area contributed by atoms with Gasteiger partial charge in [-0.05, 0) is 69.3 Å². The Kier molecular flexibility index (Phi) is 18.2. The Balaban J connectivity index is 0.000000242. The molecule has 2 fully saturated rings. The molecule has 340 valence electrons. The summed E-state index contributed by atoms with van der Waals surface area (Å²) in [7, 11) is 0. The Hall–Kier alpha value is -6.61. The van der Waals surface area contributed by atoms with Crippen LogP contribution in [0.2, 0.25) is 0 Å². The lowest BCUT2D eigenvalue weighted by Crippen LogP contribution is -2.59. The molecule has 2 aliphatic heterocycles. The van der Waals surface area contributed by atoms with Crippen LogP contribution in [0, 0.1) is 0 Å². The Labute approximate surface area is 392 Å². The monoisotopic (exact) mass is 920 g/mol. The molecule has 0 radical (unpaired) electrons. The average molecular weight is 922 g/mol. The number of amides is 3. The van der Waals surface area contributed by atoms with E-state index in [9.17, 15) is 14.4 Å². The summed E-state index contributed by atoms with van der Waals surface area (Å²) in [5.41, 5.74) is 3.66. The van der Waals surface area contributed by atoms with Crippen LogP contribution in [0.4, 0.5) is 4.79 Å². The highest BCUT2D eigenvalue weighted by Gasteiger charge is 2.36. The van der Waals surface area contributed by atoms with Gasteiger partial charge in [0.15, 0.2) is 0 Å². The SMILES string of the molecule is CC(C)(C)OC(=O)N1CCN(C(=O)c2cccc(-c3ccccc3)n2)C(COc2cccnc2)C1.Cl.Cl.O=C(c1cccc(-c2ccccc2)n1)N1CCNCC1COc1cccnc1. The van der Waals surface area contributed by atoms with E-state index < -0.39 is 11.7 Å². The second-order valence-corrected chi connectivity index (χ2v) is 16.0. The van der Waals surface area contributed by atoms with E-state index in [1.165, 1.54) is 0 Å². The number of hydrogen-bond donors (Lipinski definition) is 1. The Morgan fingerprint density at radius 1 is 0.615 bits per heavy atom. The summed E-state index contributed by atoms with van der Waals surface area (Å²) in [6, 6.07) is 37.5. The maximum Gasteiger partial charge on any atom is 0.410 e. The Morgan fingerprint density at radius 3 is 1.62 bits per heavy atom. The molecule has 0 bridgehead atoms. The number of ether oxygens (including phenoxy) is 3. The molecule has 16 heteroatoms. The second-order valence-electron chi connectivity index (χ2n) is 16.0. The standard InChI is InChI=1S/C27H30N4O4.C22H22N4O2.2ClH/c1-27(2,3)35-26(33)30-15-16-31(21(18-30)19-34-22-11-8-14-28-17-22)25(32)24-13-7-12-23(29-24)20-9-5-4-6-10-20;27-22(21-10-4-9-20(25-21)17-6-2-1-3-7-17)26-13-12-24-14-18(26)16-28-19-8-5-11-23-15-19;;/h4-14,17,21H,15-16,18-19H2,1-3H3;1-11,15,18,24H,12-14,16H2;2*1H. The molecule has 2 saturated heterocycles. The summed E-state index contributed by atoms with van der Waals surface area (Å²) in [5.74, 6) is 1.02. The van der Waals surface area contributed by atoms with Crippen molar-refractivity contribution >= 4 is 42.7 Å². The summed E-state index contributed by atoms with van der Waals surface area (Å²) >= 11 is 0. The first kappa shape index (κ1) is 49.4. The van der Waals surface area contributed by atoms with E-state index in [4.69, 9.17) is 14.2 Å². The summed E-state index contributed by atoms with van der Waals surface area (Å²) in [6.45, 7) is 9.17. The van der Waals surface area contributed by atoms with E-state index in [0.717, 1.165) is 29.1 Å². The molecule has 2 aliphatic rings. The summed E-state index contributed by atoms with van der Waals surface area (Å²) in [4.78, 5) is 62.0. The first-order chi connectivity index (χ1) is 30.6. The van der Waals surface area contributed by atoms with Gasteiger partial charge in [-0.25, -0.2) is 14.8 Å². The van der Waals surface area contributed by atoms with Gasteiger partial charge in [-0.2, -0.15) is 0 Å². The van der Waals surface area contributed by atoms with Gasteiger partial charge in [0.25, 0.3) is 11.8 Å². The van der Waals surface area contributed by atoms with Crippen molar-refractivity contribution in [2.75, 3.05) is 52.5 Å². The predicted octanol–water partition coefficient (Wildman–Crippen LogP) is 7.76.